The lowest BCUT2D eigenvalue weighted by Crippen LogP contribution is -2.36. The summed E-state index contributed by atoms with van der Waals surface area (Å²) in [6.07, 6.45) is 6.69. The Morgan fingerprint density at radius 3 is 2.55 bits per heavy atom. The predicted molar refractivity (Wildman–Crippen MR) is 131 cm³/mol. The average molecular weight is 429 g/mol. The summed E-state index contributed by atoms with van der Waals surface area (Å²) in [4.78, 5) is 0. The van der Waals surface area contributed by atoms with Crippen molar-refractivity contribution < 1.29 is 4.74 Å². The monoisotopic (exact) mass is 428 g/mol. The summed E-state index contributed by atoms with van der Waals surface area (Å²) in [5.74, 6) is 0.780. The highest BCUT2D eigenvalue weighted by Gasteiger charge is 2.42. The lowest BCUT2D eigenvalue weighted by molar-refractivity contribution is 0.182. The van der Waals surface area contributed by atoms with Gasteiger partial charge in [-0.25, -0.2) is 0 Å². The molecule has 0 aliphatic carbocycles. The Bertz CT molecular complexity index is 1060. The van der Waals surface area contributed by atoms with Crippen molar-refractivity contribution in [1.82, 2.24) is 0 Å². The molecule has 0 saturated heterocycles. The highest BCUT2D eigenvalue weighted by Crippen LogP contribution is 2.52. The van der Waals surface area contributed by atoms with Crippen LogP contribution in [0.1, 0.15) is 44.7 Å². The second-order valence-electron chi connectivity index (χ2n) is 6.86. The summed E-state index contributed by atoms with van der Waals surface area (Å²) < 4.78 is 5.92. The van der Waals surface area contributed by atoms with Gasteiger partial charge in [0.15, 0.2) is 0 Å². The van der Waals surface area contributed by atoms with Crippen molar-refractivity contribution in [2.45, 2.75) is 44.5 Å². The number of rotatable bonds is 6. The molecule has 0 aromatic heterocycles. The van der Waals surface area contributed by atoms with E-state index in [2.05, 4.69) is 37.6 Å². The minimum Gasteiger partial charge on any atom is -0.485 e. The second-order valence-corrected chi connectivity index (χ2v) is 8.03. The molecule has 3 rings (SSSR count). The summed E-state index contributed by atoms with van der Waals surface area (Å²) >= 11 is 1.29. The van der Waals surface area contributed by atoms with E-state index < -0.39 is 0 Å². The van der Waals surface area contributed by atoms with Gasteiger partial charge in [-0.1, -0.05) is 70.4 Å². The zero-order chi connectivity index (χ0) is 22.9. The maximum atomic E-state index is 9.57. The maximum Gasteiger partial charge on any atom is 0.134 e. The van der Waals surface area contributed by atoms with E-state index in [9.17, 15) is 10.5 Å². The number of fused-ring (bicyclic) bond motifs is 1. The van der Waals surface area contributed by atoms with E-state index in [-0.39, 0.29) is 10.9 Å². The van der Waals surface area contributed by atoms with E-state index >= 15 is 0 Å². The van der Waals surface area contributed by atoms with Crippen molar-refractivity contribution >= 4 is 11.8 Å². The molecule has 0 spiro atoms. The first-order chi connectivity index (χ1) is 15.1. The predicted octanol–water partition coefficient (Wildman–Crippen LogP) is 7.52. The van der Waals surface area contributed by atoms with E-state index in [4.69, 9.17) is 4.74 Å². The molecule has 0 amide bonds. The Labute approximate surface area is 190 Å². The number of hydrogen-bond donors (Lipinski definition) is 0. The molecular weight excluding hydrogens is 400 g/mol. The Balaban J connectivity index is 0.00000166. The molecule has 31 heavy (non-hydrogen) atoms. The molecule has 2 unspecified atom stereocenters. The number of thioether (sulfide) groups is 1. The molecule has 2 aromatic carbocycles. The van der Waals surface area contributed by atoms with E-state index in [0.717, 1.165) is 34.4 Å². The van der Waals surface area contributed by atoms with Crippen LogP contribution in [0.5, 0.6) is 5.75 Å². The third kappa shape index (κ3) is 5.10. The zero-order valence-corrected chi connectivity index (χ0v) is 19.2. The first kappa shape index (κ1) is 24.1. The van der Waals surface area contributed by atoms with Crippen LogP contribution in [0.25, 0.3) is 11.1 Å². The first-order valence-electron chi connectivity index (χ1n) is 10.4. The Hall–Kier alpha value is -3.21. The molecule has 1 aliphatic rings. The molecule has 1 aliphatic heterocycles. The number of allylic oxidation sites excluding steroid dienone is 2. The molecule has 0 fully saturated rings. The first-order valence-corrected chi connectivity index (χ1v) is 11.3. The molecule has 2 aromatic rings. The second kappa shape index (κ2) is 11.3. The minimum absolute atomic E-state index is 0.188. The van der Waals surface area contributed by atoms with Crippen molar-refractivity contribution in [2.24, 2.45) is 0 Å². The molecule has 0 bridgehead atoms. The fraction of sp³-hybridized carbons (Fsp3) is 0.259. The lowest BCUT2D eigenvalue weighted by Gasteiger charge is -2.40. The standard InChI is InChI=1S/C25H22N2OS.C2H6/c1-4-8-19(5-2)24-15-25(6-3,29-17-27)22-14-21(11-12-23(22)28-24)20-10-7-9-18(13-20)16-26;1-2/h4-5,7-14,24H,1-2,6,15H2,3H3;1-2H3/b19-8+;. The Morgan fingerprint density at radius 1 is 1.19 bits per heavy atom. The van der Waals surface area contributed by atoms with Gasteiger partial charge < -0.3 is 4.74 Å². The van der Waals surface area contributed by atoms with Gasteiger partial charge in [0.05, 0.1) is 16.4 Å². The van der Waals surface area contributed by atoms with Gasteiger partial charge in [0, 0.05) is 12.0 Å². The zero-order valence-electron chi connectivity index (χ0n) is 18.4. The van der Waals surface area contributed by atoms with Crippen molar-refractivity contribution in [3.05, 3.63) is 90.6 Å². The summed E-state index contributed by atoms with van der Waals surface area (Å²) in [5, 5.41) is 21.1. The molecule has 4 heteroatoms. The molecule has 3 nitrogen and oxygen atoms in total. The molecule has 2 atom stereocenters. The van der Waals surface area contributed by atoms with Crippen LogP contribution in [0.4, 0.5) is 0 Å². The molecule has 1 heterocycles. The van der Waals surface area contributed by atoms with Crippen molar-refractivity contribution in [3.8, 4) is 28.3 Å². The largest absolute Gasteiger partial charge is 0.485 e. The highest BCUT2D eigenvalue weighted by molar-refractivity contribution is 8.04. The fourth-order valence-electron chi connectivity index (χ4n) is 3.76. The summed E-state index contributed by atoms with van der Waals surface area (Å²) in [7, 11) is 0. The van der Waals surface area contributed by atoms with Gasteiger partial charge in [-0.3, -0.25) is 0 Å². The van der Waals surface area contributed by atoms with E-state index in [1.165, 1.54) is 11.8 Å². The number of nitrogens with zero attached hydrogens (tertiary/aromatic N) is 2. The van der Waals surface area contributed by atoms with Gasteiger partial charge in [0.25, 0.3) is 0 Å². The number of nitriles is 2. The van der Waals surface area contributed by atoms with Crippen LogP contribution in [0, 0.1) is 22.0 Å². The molecule has 0 saturated carbocycles. The normalized spacial score (nSPS) is 19.4. The van der Waals surface area contributed by atoms with Crippen molar-refractivity contribution in [1.29, 1.82) is 10.5 Å². The topological polar surface area (TPSA) is 56.8 Å². The third-order valence-electron chi connectivity index (χ3n) is 5.31. The number of thiocyanates is 1. The van der Waals surface area contributed by atoms with Crippen LogP contribution in [-0.2, 0) is 4.75 Å². The number of hydrogen-bond acceptors (Lipinski definition) is 4. The average Bonchev–Trinajstić information content (AvgIpc) is 2.83. The molecule has 0 radical (unpaired) electrons. The summed E-state index contributed by atoms with van der Waals surface area (Å²) in [6, 6.07) is 15.8. The maximum absolute atomic E-state index is 9.57. The van der Waals surface area contributed by atoms with Gasteiger partial charge in [0.2, 0.25) is 0 Å². The van der Waals surface area contributed by atoms with Crippen LogP contribution in [-0.4, -0.2) is 6.10 Å². The van der Waals surface area contributed by atoms with E-state index in [1.54, 1.807) is 18.2 Å². The molecule has 158 valence electrons. The molecular formula is C27H28N2OS. The van der Waals surface area contributed by atoms with Crippen molar-refractivity contribution in [2.75, 3.05) is 0 Å². The number of benzene rings is 2. The quantitative estimate of drug-likeness (QED) is 0.352. The third-order valence-corrected chi connectivity index (χ3v) is 6.47. The van der Waals surface area contributed by atoms with E-state index in [0.29, 0.717) is 12.0 Å². The summed E-state index contributed by atoms with van der Waals surface area (Å²) in [6.45, 7) is 13.8. The van der Waals surface area contributed by atoms with Gasteiger partial charge in [0.1, 0.15) is 17.3 Å². The number of ether oxygens (including phenoxy) is 1. The van der Waals surface area contributed by atoms with Crippen LogP contribution in [0.2, 0.25) is 0 Å². The smallest absolute Gasteiger partial charge is 0.134 e. The van der Waals surface area contributed by atoms with Crippen LogP contribution in [0.15, 0.2) is 79.4 Å². The van der Waals surface area contributed by atoms with Crippen molar-refractivity contribution in [3.63, 3.8) is 0 Å². The van der Waals surface area contributed by atoms with Crippen LogP contribution in [0.3, 0.4) is 0 Å². The van der Waals surface area contributed by atoms with Gasteiger partial charge >= 0.3 is 0 Å². The highest BCUT2D eigenvalue weighted by atomic mass is 32.2. The van der Waals surface area contributed by atoms with Gasteiger partial charge in [-0.05, 0) is 59.1 Å². The van der Waals surface area contributed by atoms with Crippen LogP contribution < -0.4 is 4.74 Å². The molecule has 0 N–H and O–H groups in total. The minimum atomic E-state index is -0.390. The van der Waals surface area contributed by atoms with Gasteiger partial charge in [-0.2, -0.15) is 10.5 Å². The van der Waals surface area contributed by atoms with E-state index in [1.807, 2.05) is 50.3 Å². The SMILES string of the molecule is C=C/C=C(\C=C)C1CC(CC)(SC#N)c2cc(-c3cccc(C#N)c3)ccc2O1.CC. The summed E-state index contributed by atoms with van der Waals surface area (Å²) in [5.41, 5.74) is 4.57. The Kier molecular flexibility index (Phi) is 8.74. The Morgan fingerprint density at radius 2 is 1.94 bits per heavy atom. The lowest BCUT2D eigenvalue weighted by atomic mass is 9.83. The fourth-order valence-corrected chi connectivity index (χ4v) is 4.58. The van der Waals surface area contributed by atoms with Gasteiger partial charge in [-0.15, -0.1) is 0 Å². The van der Waals surface area contributed by atoms with Crippen LogP contribution >= 0.6 is 11.8 Å².